The van der Waals surface area contributed by atoms with Gasteiger partial charge in [-0.3, -0.25) is 0 Å². The zero-order valence-corrected chi connectivity index (χ0v) is 10.2. The Morgan fingerprint density at radius 3 is 2.73 bits per heavy atom. The number of hydrogen-bond acceptors (Lipinski definition) is 3. The van der Waals surface area contributed by atoms with Crippen LogP contribution in [0.15, 0.2) is 12.4 Å². The molecule has 4 heteroatoms. The summed E-state index contributed by atoms with van der Waals surface area (Å²) in [5, 5.41) is 3.52. The lowest BCUT2D eigenvalue weighted by Gasteiger charge is -2.21. The van der Waals surface area contributed by atoms with E-state index in [0.29, 0.717) is 6.04 Å². The summed E-state index contributed by atoms with van der Waals surface area (Å²) in [6.45, 7) is 4.19. The highest BCUT2D eigenvalue weighted by Gasteiger charge is 2.15. The Hall–Kier alpha value is -0.870. The summed E-state index contributed by atoms with van der Waals surface area (Å²) < 4.78 is 2.08. The van der Waals surface area contributed by atoms with Crippen LogP contribution in [0.4, 0.5) is 0 Å². The molecule has 0 aliphatic heterocycles. The summed E-state index contributed by atoms with van der Waals surface area (Å²) in [6.07, 6.45) is 4.99. The van der Waals surface area contributed by atoms with Gasteiger partial charge in [0.05, 0.1) is 6.04 Å². The molecule has 1 aromatic heterocycles. The van der Waals surface area contributed by atoms with Gasteiger partial charge in [0.2, 0.25) is 0 Å². The Bertz CT molecular complexity index is 280. The van der Waals surface area contributed by atoms with Gasteiger partial charge in [-0.15, -0.1) is 0 Å². The SMILES string of the molecule is CCCNC(CN(C)C)c1nccn1C. The van der Waals surface area contributed by atoms with Crippen molar-refractivity contribution >= 4 is 0 Å². The maximum absolute atomic E-state index is 4.40. The number of likely N-dealkylation sites (N-methyl/N-ethyl adjacent to an activating group) is 1. The van der Waals surface area contributed by atoms with E-state index in [1.807, 2.05) is 19.4 Å². The molecule has 0 radical (unpaired) electrons. The first-order valence-corrected chi connectivity index (χ1v) is 5.50. The zero-order valence-electron chi connectivity index (χ0n) is 10.2. The number of aromatic nitrogens is 2. The van der Waals surface area contributed by atoms with Crippen molar-refractivity contribution in [2.45, 2.75) is 19.4 Å². The van der Waals surface area contributed by atoms with Crippen LogP contribution in [0.3, 0.4) is 0 Å². The van der Waals surface area contributed by atoms with E-state index in [1.54, 1.807) is 0 Å². The molecule has 0 saturated carbocycles. The highest BCUT2D eigenvalue weighted by molar-refractivity contribution is 4.99. The van der Waals surface area contributed by atoms with Gasteiger partial charge in [-0.1, -0.05) is 6.92 Å². The van der Waals surface area contributed by atoms with Gasteiger partial charge in [-0.05, 0) is 27.1 Å². The summed E-state index contributed by atoms with van der Waals surface area (Å²) in [7, 11) is 6.21. The van der Waals surface area contributed by atoms with E-state index in [2.05, 4.69) is 40.8 Å². The summed E-state index contributed by atoms with van der Waals surface area (Å²) in [6, 6.07) is 0.319. The van der Waals surface area contributed by atoms with Gasteiger partial charge in [0.25, 0.3) is 0 Å². The number of hydrogen-bond donors (Lipinski definition) is 1. The van der Waals surface area contributed by atoms with Crippen LogP contribution in [-0.2, 0) is 7.05 Å². The quantitative estimate of drug-likeness (QED) is 0.761. The van der Waals surface area contributed by atoms with Gasteiger partial charge in [-0.2, -0.15) is 0 Å². The van der Waals surface area contributed by atoms with Gasteiger partial charge in [0, 0.05) is 26.0 Å². The third-order valence-corrected chi connectivity index (χ3v) is 2.36. The topological polar surface area (TPSA) is 33.1 Å². The van der Waals surface area contributed by atoms with Crippen LogP contribution in [0.25, 0.3) is 0 Å². The molecule has 0 aromatic carbocycles. The molecule has 86 valence electrons. The van der Waals surface area contributed by atoms with Crippen molar-refractivity contribution in [1.29, 1.82) is 0 Å². The van der Waals surface area contributed by atoms with E-state index in [1.165, 1.54) is 0 Å². The van der Waals surface area contributed by atoms with E-state index in [9.17, 15) is 0 Å². The predicted molar refractivity (Wildman–Crippen MR) is 62.8 cm³/mol. The Labute approximate surface area is 92.3 Å². The fourth-order valence-electron chi connectivity index (χ4n) is 1.63. The van der Waals surface area contributed by atoms with E-state index in [4.69, 9.17) is 0 Å². The van der Waals surface area contributed by atoms with Crippen LogP contribution < -0.4 is 5.32 Å². The van der Waals surface area contributed by atoms with Crippen LogP contribution >= 0.6 is 0 Å². The number of rotatable bonds is 6. The molecule has 4 nitrogen and oxygen atoms in total. The second kappa shape index (κ2) is 5.88. The number of nitrogens with zero attached hydrogens (tertiary/aromatic N) is 3. The highest BCUT2D eigenvalue weighted by atomic mass is 15.1. The van der Waals surface area contributed by atoms with Crippen molar-refractivity contribution in [2.75, 3.05) is 27.2 Å². The number of aryl methyl sites for hydroxylation is 1. The first kappa shape index (κ1) is 12.2. The molecule has 0 aliphatic rings. The fraction of sp³-hybridized carbons (Fsp3) is 0.727. The molecule has 15 heavy (non-hydrogen) atoms. The van der Waals surface area contributed by atoms with E-state index >= 15 is 0 Å². The monoisotopic (exact) mass is 210 g/mol. The lowest BCUT2D eigenvalue weighted by atomic mass is 10.2. The average molecular weight is 210 g/mol. The van der Waals surface area contributed by atoms with Crippen molar-refractivity contribution in [3.63, 3.8) is 0 Å². The molecule has 0 amide bonds. The maximum Gasteiger partial charge on any atom is 0.126 e. The number of imidazole rings is 1. The van der Waals surface area contributed by atoms with E-state index in [0.717, 1.165) is 25.3 Å². The Kier molecular flexibility index (Phi) is 4.78. The lowest BCUT2D eigenvalue weighted by Crippen LogP contribution is -2.33. The molecule has 1 atom stereocenters. The molecule has 1 aromatic rings. The van der Waals surface area contributed by atoms with Gasteiger partial charge >= 0.3 is 0 Å². The zero-order chi connectivity index (χ0) is 11.3. The molecular weight excluding hydrogens is 188 g/mol. The smallest absolute Gasteiger partial charge is 0.126 e. The van der Waals surface area contributed by atoms with Crippen molar-refractivity contribution < 1.29 is 0 Å². The third kappa shape index (κ3) is 3.64. The van der Waals surface area contributed by atoms with Crippen molar-refractivity contribution in [1.82, 2.24) is 19.8 Å². The Balaban J connectivity index is 2.67. The van der Waals surface area contributed by atoms with Gasteiger partial charge in [-0.25, -0.2) is 4.98 Å². The minimum Gasteiger partial charge on any atom is -0.337 e. The summed E-state index contributed by atoms with van der Waals surface area (Å²) in [4.78, 5) is 6.58. The van der Waals surface area contributed by atoms with Crippen LogP contribution in [0.1, 0.15) is 25.2 Å². The molecule has 1 N–H and O–H groups in total. The number of nitrogens with one attached hydrogen (secondary N) is 1. The Morgan fingerprint density at radius 1 is 1.53 bits per heavy atom. The van der Waals surface area contributed by atoms with E-state index < -0.39 is 0 Å². The summed E-state index contributed by atoms with van der Waals surface area (Å²) in [5.74, 6) is 1.11. The molecule has 1 rings (SSSR count). The third-order valence-electron chi connectivity index (χ3n) is 2.36. The molecule has 1 heterocycles. The Morgan fingerprint density at radius 2 is 2.27 bits per heavy atom. The average Bonchev–Trinajstić information content (AvgIpc) is 2.58. The van der Waals surface area contributed by atoms with Gasteiger partial charge in [0.1, 0.15) is 5.82 Å². The van der Waals surface area contributed by atoms with Crippen molar-refractivity contribution in [2.24, 2.45) is 7.05 Å². The van der Waals surface area contributed by atoms with Crippen LogP contribution in [0.2, 0.25) is 0 Å². The van der Waals surface area contributed by atoms with Gasteiger partial charge in [0.15, 0.2) is 0 Å². The van der Waals surface area contributed by atoms with Crippen LogP contribution in [0, 0.1) is 0 Å². The second-order valence-corrected chi connectivity index (χ2v) is 4.17. The molecule has 0 aliphatic carbocycles. The van der Waals surface area contributed by atoms with Crippen molar-refractivity contribution in [3.05, 3.63) is 18.2 Å². The van der Waals surface area contributed by atoms with Crippen molar-refractivity contribution in [3.8, 4) is 0 Å². The highest BCUT2D eigenvalue weighted by Crippen LogP contribution is 2.10. The van der Waals surface area contributed by atoms with Crippen LogP contribution in [0.5, 0.6) is 0 Å². The largest absolute Gasteiger partial charge is 0.337 e. The van der Waals surface area contributed by atoms with E-state index in [-0.39, 0.29) is 0 Å². The molecule has 0 bridgehead atoms. The summed E-state index contributed by atoms with van der Waals surface area (Å²) in [5.41, 5.74) is 0. The first-order chi connectivity index (χ1) is 7.15. The molecule has 1 unspecified atom stereocenters. The minimum atomic E-state index is 0.319. The molecule has 0 fully saturated rings. The first-order valence-electron chi connectivity index (χ1n) is 5.50. The fourth-order valence-corrected chi connectivity index (χ4v) is 1.63. The van der Waals surface area contributed by atoms with Crippen LogP contribution in [-0.4, -0.2) is 41.6 Å². The molecular formula is C11H22N4. The predicted octanol–water partition coefficient (Wildman–Crippen LogP) is 1.02. The minimum absolute atomic E-state index is 0.319. The standard InChI is InChI=1S/C11H22N4/c1-5-6-12-10(9-14(2)3)11-13-7-8-15(11)4/h7-8,10,12H,5-6,9H2,1-4H3. The van der Waals surface area contributed by atoms with Gasteiger partial charge < -0.3 is 14.8 Å². The maximum atomic E-state index is 4.40. The lowest BCUT2D eigenvalue weighted by molar-refractivity contribution is 0.330. The molecule has 0 spiro atoms. The second-order valence-electron chi connectivity index (χ2n) is 4.17. The normalized spacial score (nSPS) is 13.4. The molecule has 0 saturated heterocycles. The summed E-state index contributed by atoms with van der Waals surface area (Å²) >= 11 is 0.